The standard InChI is InChI=1S/C21H24N4O2.ClH/c22-18-8-3-9-19-17(18)7-4-11-25(19)20(26)13-23-21(27)24-12-10-15-5-1-2-6-16(15)14-24;/h1-3,5-6,8-9H,4,7,10-14,22H2,(H,23,27);1H. The molecule has 0 bridgehead atoms. The minimum absolute atomic E-state index is 0. The van der Waals surface area contributed by atoms with Crippen molar-refractivity contribution in [2.75, 3.05) is 30.3 Å². The van der Waals surface area contributed by atoms with Gasteiger partial charge in [-0.05, 0) is 48.1 Å². The van der Waals surface area contributed by atoms with E-state index in [1.165, 1.54) is 11.1 Å². The summed E-state index contributed by atoms with van der Waals surface area (Å²) in [5.41, 5.74) is 11.1. The Bertz CT molecular complexity index is 886. The van der Waals surface area contributed by atoms with Gasteiger partial charge in [0.15, 0.2) is 0 Å². The van der Waals surface area contributed by atoms with Crippen molar-refractivity contribution in [1.82, 2.24) is 10.2 Å². The number of hydrogen-bond donors (Lipinski definition) is 2. The van der Waals surface area contributed by atoms with E-state index in [0.717, 1.165) is 36.2 Å². The zero-order valence-corrected chi connectivity index (χ0v) is 16.5. The average molecular weight is 401 g/mol. The van der Waals surface area contributed by atoms with Crippen molar-refractivity contribution in [2.45, 2.75) is 25.8 Å². The molecule has 0 aliphatic carbocycles. The second-order valence-electron chi connectivity index (χ2n) is 7.09. The highest BCUT2D eigenvalue weighted by atomic mass is 35.5. The summed E-state index contributed by atoms with van der Waals surface area (Å²) in [5.74, 6) is -0.104. The second kappa shape index (κ2) is 8.52. The molecule has 3 amide bonds. The number of benzene rings is 2. The molecule has 7 heteroatoms. The van der Waals surface area contributed by atoms with Crippen molar-refractivity contribution < 1.29 is 9.59 Å². The SMILES string of the molecule is Cl.Nc1cccc2c1CCCN2C(=O)CNC(=O)N1CCc2ccccc2C1. The molecular formula is C21H25ClN4O2. The van der Waals surface area contributed by atoms with Crippen LogP contribution in [0.5, 0.6) is 0 Å². The number of fused-ring (bicyclic) bond motifs is 2. The Morgan fingerprint density at radius 3 is 2.61 bits per heavy atom. The highest BCUT2D eigenvalue weighted by Gasteiger charge is 2.25. The Morgan fingerprint density at radius 2 is 1.79 bits per heavy atom. The zero-order chi connectivity index (χ0) is 18.8. The van der Waals surface area contributed by atoms with Gasteiger partial charge in [0, 0.05) is 31.0 Å². The Morgan fingerprint density at radius 1 is 1.00 bits per heavy atom. The monoisotopic (exact) mass is 400 g/mol. The number of nitrogens with two attached hydrogens (primary N) is 1. The van der Waals surface area contributed by atoms with E-state index in [1.54, 1.807) is 9.80 Å². The third-order valence-corrected chi connectivity index (χ3v) is 5.40. The Hall–Kier alpha value is -2.73. The van der Waals surface area contributed by atoms with Gasteiger partial charge < -0.3 is 20.9 Å². The van der Waals surface area contributed by atoms with Gasteiger partial charge in [-0.1, -0.05) is 30.3 Å². The van der Waals surface area contributed by atoms with E-state index in [-0.39, 0.29) is 30.9 Å². The molecule has 2 heterocycles. The van der Waals surface area contributed by atoms with Crippen LogP contribution in [0.15, 0.2) is 42.5 Å². The van der Waals surface area contributed by atoms with Crippen LogP contribution < -0.4 is 16.0 Å². The van der Waals surface area contributed by atoms with Crippen LogP contribution >= 0.6 is 12.4 Å². The van der Waals surface area contributed by atoms with Crippen molar-refractivity contribution in [2.24, 2.45) is 0 Å². The van der Waals surface area contributed by atoms with Gasteiger partial charge >= 0.3 is 6.03 Å². The van der Waals surface area contributed by atoms with Crippen molar-refractivity contribution in [3.8, 4) is 0 Å². The predicted octanol–water partition coefficient (Wildman–Crippen LogP) is 2.74. The summed E-state index contributed by atoms with van der Waals surface area (Å²) in [5, 5.41) is 2.79. The zero-order valence-electron chi connectivity index (χ0n) is 15.7. The molecule has 0 saturated carbocycles. The fourth-order valence-corrected chi connectivity index (χ4v) is 3.94. The molecule has 4 rings (SSSR count). The smallest absolute Gasteiger partial charge is 0.318 e. The van der Waals surface area contributed by atoms with E-state index >= 15 is 0 Å². The average Bonchev–Trinajstić information content (AvgIpc) is 2.71. The van der Waals surface area contributed by atoms with Crippen molar-refractivity contribution >= 4 is 35.7 Å². The lowest BCUT2D eigenvalue weighted by Gasteiger charge is -2.31. The van der Waals surface area contributed by atoms with Gasteiger partial charge in [-0.25, -0.2) is 4.79 Å². The Kier molecular flexibility index (Phi) is 6.09. The quantitative estimate of drug-likeness (QED) is 0.761. The lowest BCUT2D eigenvalue weighted by atomic mass is 10.00. The molecule has 2 aromatic rings. The topological polar surface area (TPSA) is 78.7 Å². The molecule has 0 saturated heterocycles. The summed E-state index contributed by atoms with van der Waals surface area (Å²) in [6.45, 7) is 1.90. The number of hydrogen-bond acceptors (Lipinski definition) is 3. The van der Waals surface area contributed by atoms with E-state index in [0.29, 0.717) is 19.6 Å². The second-order valence-corrected chi connectivity index (χ2v) is 7.09. The first kappa shape index (κ1) is 20.0. The van der Waals surface area contributed by atoms with Gasteiger partial charge in [0.1, 0.15) is 0 Å². The molecule has 2 aromatic carbocycles. The van der Waals surface area contributed by atoms with E-state index in [1.807, 2.05) is 30.3 Å². The maximum Gasteiger partial charge on any atom is 0.318 e. The number of nitrogens with zero attached hydrogens (tertiary/aromatic N) is 2. The summed E-state index contributed by atoms with van der Waals surface area (Å²) in [6, 6.07) is 13.6. The van der Waals surface area contributed by atoms with Gasteiger partial charge in [0.05, 0.1) is 6.54 Å². The lowest BCUT2D eigenvalue weighted by molar-refractivity contribution is -0.117. The van der Waals surface area contributed by atoms with Crippen molar-refractivity contribution in [3.63, 3.8) is 0 Å². The van der Waals surface area contributed by atoms with Gasteiger partial charge in [0.2, 0.25) is 5.91 Å². The minimum Gasteiger partial charge on any atom is -0.398 e. The number of urea groups is 1. The maximum absolute atomic E-state index is 12.7. The molecule has 2 aliphatic rings. The molecular weight excluding hydrogens is 376 g/mol. The van der Waals surface area contributed by atoms with Crippen LogP contribution in [0.25, 0.3) is 0 Å². The van der Waals surface area contributed by atoms with E-state index in [9.17, 15) is 9.59 Å². The van der Waals surface area contributed by atoms with E-state index in [4.69, 9.17) is 5.73 Å². The molecule has 0 fully saturated rings. The molecule has 3 N–H and O–H groups in total. The van der Waals surface area contributed by atoms with Crippen LogP contribution in [0.2, 0.25) is 0 Å². The maximum atomic E-state index is 12.7. The fraction of sp³-hybridized carbons (Fsp3) is 0.333. The van der Waals surface area contributed by atoms with Gasteiger partial charge in [0.25, 0.3) is 0 Å². The third-order valence-electron chi connectivity index (χ3n) is 5.40. The molecule has 0 aromatic heterocycles. The Balaban J connectivity index is 0.00000225. The first-order chi connectivity index (χ1) is 13.1. The number of carbonyl (C=O) groups excluding carboxylic acids is 2. The van der Waals surface area contributed by atoms with Crippen LogP contribution in [0, 0.1) is 0 Å². The van der Waals surface area contributed by atoms with Gasteiger partial charge in [-0.2, -0.15) is 0 Å². The molecule has 2 aliphatic heterocycles. The first-order valence-corrected chi connectivity index (χ1v) is 9.41. The summed E-state index contributed by atoms with van der Waals surface area (Å²) in [7, 11) is 0. The van der Waals surface area contributed by atoms with Crippen LogP contribution in [-0.4, -0.2) is 36.5 Å². The number of carbonyl (C=O) groups is 2. The third kappa shape index (κ3) is 3.92. The molecule has 6 nitrogen and oxygen atoms in total. The van der Waals surface area contributed by atoms with E-state index in [2.05, 4.69) is 17.4 Å². The highest BCUT2D eigenvalue weighted by molar-refractivity contribution is 5.98. The highest BCUT2D eigenvalue weighted by Crippen LogP contribution is 2.31. The number of nitrogens with one attached hydrogen (secondary N) is 1. The first-order valence-electron chi connectivity index (χ1n) is 9.41. The number of rotatable bonds is 2. The largest absolute Gasteiger partial charge is 0.398 e. The molecule has 148 valence electrons. The fourth-order valence-electron chi connectivity index (χ4n) is 3.94. The predicted molar refractivity (Wildman–Crippen MR) is 113 cm³/mol. The van der Waals surface area contributed by atoms with E-state index < -0.39 is 0 Å². The lowest BCUT2D eigenvalue weighted by Crippen LogP contribution is -2.47. The molecule has 0 spiro atoms. The normalized spacial score (nSPS) is 15.1. The number of amides is 3. The molecule has 0 atom stereocenters. The van der Waals surface area contributed by atoms with Crippen molar-refractivity contribution in [1.29, 1.82) is 0 Å². The summed E-state index contributed by atoms with van der Waals surface area (Å²) in [6.07, 6.45) is 2.60. The van der Waals surface area contributed by atoms with Crippen LogP contribution in [0.4, 0.5) is 16.2 Å². The number of anilines is 2. The molecule has 0 unspecified atom stereocenters. The van der Waals surface area contributed by atoms with Crippen LogP contribution in [0.1, 0.15) is 23.1 Å². The van der Waals surface area contributed by atoms with Crippen molar-refractivity contribution in [3.05, 3.63) is 59.2 Å². The molecule has 0 radical (unpaired) electrons. The summed E-state index contributed by atoms with van der Waals surface area (Å²) in [4.78, 5) is 28.7. The Labute approximate surface area is 171 Å². The van der Waals surface area contributed by atoms with Gasteiger partial charge in [-0.15, -0.1) is 12.4 Å². The van der Waals surface area contributed by atoms with Crippen LogP contribution in [-0.2, 0) is 24.2 Å². The van der Waals surface area contributed by atoms with Crippen LogP contribution in [0.3, 0.4) is 0 Å². The minimum atomic E-state index is -0.192. The van der Waals surface area contributed by atoms with Gasteiger partial charge in [-0.3, -0.25) is 4.79 Å². The summed E-state index contributed by atoms with van der Waals surface area (Å²) < 4.78 is 0. The summed E-state index contributed by atoms with van der Waals surface area (Å²) >= 11 is 0. The number of halogens is 1. The number of nitrogen functional groups attached to an aromatic ring is 1. The molecule has 28 heavy (non-hydrogen) atoms.